The molecule has 0 atom stereocenters. The number of nitrogens with one attached hydrogen (secondary N) is 1. The Morgan fingerprint density at radius 3 is 2.92 bits per heavy atom. The van der Waals surface area contributed by atoms with Crippen molar-refractivity contribution in [3.05, 3.63) is 53.0 Å². The molecule has 0 spiro atoms. The van der Waals surface area contributed by atoms with Crippen molar-refractivity contribution in [2.45, 2.75) is 26.2 Å². The summed E-state index contributed by atoms with van der Waals surface area (Å²) in [5.74, 6) is 0.767. The number of amides is 1. The number of rotatable bonds is 4. The van der Waals surface area contributed by atoms with Crippen LogP contribution in [-0.4, -0.2) is 38.2 Å². The van der Waals surface area contributed by atoms with Crippen LogP contribution < -0.4 is 10.1 Å². The van der Waals surface area contributed by atoms with Crippen molar-refractivity contribution in [1.29, 1.82) is 0 Å². The molecular formula is C18H18N6O2. The minimum Gasteiger partial charge on any atom is -0.480 e. The van der Waals surface area contributed by atoms with Gasteiger partial charge in [-0.05, 0) is 66.4 Å². The number of hydrogen-bond acceptors (Lipinski definition) is 6. The van der Waals surface area contributed by atoms with E-state index in [1.807, 2.05) is 37.3 Å². The Morgan fingerprint density at radius 1 is 1.27 bits per heavy atom. The summed E-state index contributed by atoms with van der Waals surface area (Å²) in [5.41, 5.74) is 4.00. The fourth-order valence-electron chi connectivity index (χ4n) is 3.16. The lowest BCUT2D eigenvalue weighted by Gasteiger charge is -2.11. The number of tetrazole rings is 1. The number of aromatic nitrogens is 5. The van der Waals surface area contributed by atoms with Gasteiger partial charge >= 0.3 is 0 Å². The van der Waals surface area contributed by atoms with Gasteiger partial charge in [0.1, 0.15) is 5.56 Å². The van der Waals surface area contributed by atoms with Gasteiger partial charge in [0, 0.05) is 11.4 Å². The number of pyridine rings is 1. The maximum Gasteiger partial charge on any atom is 0.261 e. The van der Waals surface area contributed by atoms with Gasteiger partial charge in [0.05, 0.1) is 12.8 Å². The van der Waals surface area contributed by atoms with E-state index in [4.69, 9.17) is 4.74 Å². The molecule has 1 aliphatic rings. The number of anilines is 1. The van der Waals surface area contributed by atoms with E-state index in [1.165, 1.54) is 7.11 Å². The molecular weight excluding hydrogens is 332 g/mol. The van der Waals surface area contributed by atoms with Gasteiger partial charge in [0.15, 0.2) is 5.82 Å². The van der Waals surface area contributed by atoms with Crippen LogP contribution in [0.25, 0.3) is 5.69 Å². The van der Waals surface area contributed by atoms with Crippen molar-refractivity contribution in [1.82, 2.24) is 25.2 Å². The number of benzene rings is 1. The van der Waals surface area contributed by atoms with Crippen molar-refractivity contribution in [2.24, 2.45) is 0 Å². The van der Waals surface area contributed by atoms with Crippen molar-refractivity contribution in [3.63, 3.8) is 0 Å². The number of aryl methyl sites for hydroxylation is 3. The van der Waals surface area contributed by atoms with Gasteiger partial charge in [-0.3, -0.25) is 4.79 Å². The first-order chi connectivity index (χ1) is 12.7. The number of ether oxygens (including phenoxy) is 1. The van der Waals surface area contributed by atoms with E-state index >= 15 is 0 Å². The molecule has 8 heteroatoms. The van der Waals surface area contributed by atoms with E-state index in [0.29, 0.717) is 23.0 Å². The number of methoxy groups -OCH3 is 1. The Morgan fingerprint density at radius 2 is 2.15 bits per heavy atom. The molecule has 0 unspecified atom stereocenters. The number of hydrogen-bond donors (Lipinski definition) is 1. The second-order valence-corrected chi connectivity index (χ2v) is 6.15. The average molecular weight is 350 g/mol. The SMILES string of the molecule is COc1nc2c(cc1C(=O)Nc1cccc(-n3nnnc3C)c1)CCC2. The molecule has 26 heavy (non-hydrogen) atoms. The first kappa shape index (κ1) is 16.2. The summed E-state index contributed by atoms with van der Waals surface area (Å²) in [5, 5.41) is 14.4. The molecule has 0 radical (unpaired) electrons. The van der Waals surface area contributed by atoms with Crippen LogP contribution in [-0.2, 0) is 12.8 Å². The predicted octanol–water partition coefficient (Wildman–Crippen LogP) is 2.12. The van der Waals surface area contributed by atoms with Crippen LogP contribution in [0.15, 0.2) is 30.3 Å². The number of fused-ring (bicyclic) bond motifs is 1. The number of carbonyl (C=O) groups excluding carboxylic acids is 1. The van der Waals surface area contributed by atoms with Crippen LogP contribution in [0.3, 0.4) is 0 Å². The molecule has 0 saturated carbocycles. The third-order valence-electron chi connectivity index (χ3n) is 4.43. The Balaban J connectivity index is 1.62. The van der Waals surface area contributed by atoms with E-state index in [1.54, 1.807) is 4.68 Å². The monoisotopic (exact) mass is 350 g/mol. The molecule has 2 heterocycles. The molecule has 0 bridgehead atoms. The molecule has 8 nitrogen and oxygen atoms in total. The Hall–Kier alpha value is -3.29. The van der Waals surface area contributed by atoms with Crippen molar-refractivity contribution < 1.29 is 9.53 Å². The molecule has 2 aromatic heterocycles. The predicted molar refractivity (Wildman–Crippen MR) is 94.7 cm³/mol. The minimum absolute atomic E-state index is 0.255. The third-order valence-corrected chi connectivity index (χ3v) is 4.43. The quantitative estimate of drug-likeness (QED) is 0.774. The molecule has 3 aromatic rings. The maximum absolute atomic E-state index is 12.8. The summed E-state index contributed by atoms with van der Waals surface area (Å²) in [4.78, 5) is 17.3. The first-order valence-electron chi connectivity index (χ1n) is 8.39. The van der Waals surface area contributed by atoms with E-state index < -0.39 is 0 Å². The summed E-state index contributed by atoms with van der Waals surface area (Å²) in [6, 6.07) is 9.22. The zero-order valence-electron chi connectivity index (χ0n) is 14.6. The van der Waals surface area contributed by atoms with Gasteiger partial charge in [-0.1, -0.05) is 6.07 Å². The van der Waals surface area contributed by atoms with Gasteiger partial charge in [0.25, 0.3) is 5.91 Å². The molecule has 1 aliphatic carbocycles. The van der Waals surface area contributed by atoms with Crippen LogP contribution >= 0.6 is 0 Å². The lowest BCUT2D eigenvalue weighted by atomic mass is 10.1. The Bertz CT molecular complexity index is 982. The van der Waals surface area contributed by atoms with Gasteiger partial charge < -0.3 is 10.1 Å². The Kier molecular flexibility index (Phi) is 4.08. The molecule has 1 aromatic carbocycles. The lowest BCUT2D eigenvalue weighted by molar-refractivity contribution is 0.102. The number of carbonyl (C=O) groups is 1. The van der Waals surface area contributed by atoms with E-state index in [0.717, 1.165) is 36.2 Å². The summed E-state index contributed by atoms with van der Waals surface area (Å²) < 4.78 is 6.93. The topological polar surface area (TPSA) is 94.8 Å². The fourth-order valence-corrected chi connectivity index (χ4v) is 3.16. The smallest absolute Gasteiger partial charge is 0.261 e. The number of nitrogens with zero attached hydrogens (tertiary/aromatic N) is 5. The third kappa shape index (κ3) is 2.90. The normalized spacial score (nSPS) is 12.7. The molecule has 0 saturated heterocycles. The lowest BCUT2D eigenvalue weighted by Crippen LogP contribution is -2.15. The highest BCUT2D eigenvalue weighted by Gasteiger charge is 2.21. The van der Waals surface area contributed by atoms with Crippen LogP contribution in [0.2, 0.25) is 0 Å². The van der Waals surface area contributed by atoms with E-state index in [-0.39, 0.29) is 5.91 Å². The summed E-state index contributed by atoms with van der Waals surface area (Å²) in [7, 11) is 1.53. The zero-order chi connectivity index (χ0) is 18.1. The Labute approximate surface area is 150 Å². The average Bonchev–Trinajstić information content (AvgIpc) is 3.28. The fraction of sp³-hybridized carbons (Fsp3) is 0.278. The molecule has 1 amide bonds. The van der Waals surface area contributed by atoms with E-state index in [9.17, 15) is 4.79 Å². The summed E-state index contributed by atoms with van der Waals surface area (Å²) in [6.07, 6.45) is 2.94. The second-order valence-electron chi connectivity index (χ2n) is 6.15. The van der Waals surface area contributed by atoms with Crippen LogP contribution in [0.1, 0.15) is 33.9 Å². The molecule has 132 valence electrons. The second kappa shape index (κ2) is 6.55. The van der Waals surface area contributed by atoms with Gasteiger partial charge in [-0.15, -0.1) is 5.10 Å². The highest BCUT2D eigenvalue weighted by atomic mass is 16.5. The highest BCUT2D eigenvalue weighted by molar-refractivity contribution is 6.06. The summed E-state index contributed by atoms with van der Waals surface area (Å²) >= 11 is 0. The zero-order valence-corrected chi connectivity index (χ0v) is 14.6. The minimum atomic E-state index is -0.255. The van der Waals surface area contributed by atoms with Gasteiger partial charge in [-0.2, -0.15) is 4.68 Å². The van der Waals surface area contributed by atoms with Crippen LogP contribution in [0.4, 0.5) is 5.69 Å². The summed E-state index contributed by atoms with van der Waals surface area (Å²) in [6.45, 7) is 1.81. The van der Waals surface area contributed by atoms with Crippen molar-refractivity contribution in [2.75, 3.05) is 12.4 Å². The molecule has 0 aliphatic heterocycles. The van der Waals surface area contributed by atoms with Gasteiger partial charge in [0.2, 0.25) is 5.88 Å². The highest BCUT2D eigenvalue weighted by Crippen LogP contribution is 2.27. The molecule has 0 fully saturated rings. The van der Waals surface area contributed by atoms with Crippen LogP contribution in [0.5, 0.6) is 5.88 Å². The van der Waals surface area contributed by atoms with Crippen LogP contribution in [0, 0.1) is 6.92 Å². The van der Waals surface area contributed by atoms with Crippen molar-refractivity contribution >= 4 is 11.6 Å². The standard InChI is InChI=1S/C18H18N6O2/c1-11-21-22-23-24(11)14-7-4-6-13(10-14)19-17(25)15-9-12-5-3-8-16(12)20-18(15)26-2/h4,6-7,9-10H,3,5,8H2,1-2H3,(H,19,25). The molecule has 1 N–H and O–H groups in total. The van der Waals surface area contributed by atoms with E-state index in [2.05, 4.69) is 25.8 Å². The maximum atomic E-state index is 12.8. The van der Waals surface area contributed by atoms with Gasteiger partial charge in [-0.25, -0.2) is 4.98 Å². The first-order valence-corrected chi connectivity index (χ1v) is 8.39. The molecule has 4 rings (SSSR count). The largest absolute Gasteiger partial charge is 0.480 e. The van der Waals surface area contributed by atoms with Crippen molar-refractivity contribution in [3.8, 4) is 11.6 Å².